The average molecular weight is 579 g/mol. The second kappa shape index (κ2) is 13.6. The van der Waals surface area contributed by atoms with Gasteiger partial charge in [0.2, 0.25) is 5.91 Å². The molecule has 1 aromatic heterocycles. The monoisotopic (exact) mass is 578 g/mol. The number of hydrogen-bond donors (Lipinski definition) is 2. The van der Waals surface area contributed by atoms with E-state index in [1.165, 1.54) is 31.5 Å². The Morgan fingerprint density at radius 2 is 1.79 bits per heavy atom. The molecule has 1 amide bonds. The maximum Gasteiger partial charge on any atom is 0.407 e. The molecule has 222 valence electrons. The van der Waals surface area contributed by atoms with Gasteiger partial charge in [-0.3, -0.25) is 4.79 Å². The van der Waals surface area contributed by atoms with Crippen molar-refractivity contribution in [2.45, 2.75) is 44.7 Å². The van der Waals surface area contributed by atoms with Gasteiger partial charge in [0.25, 0.3) is 0 Å². The highest BCUT2D eigenvalue weighted by molar-refractivity contribution is 5.91. The Balaban J connectivity index is 1.07. The van der Waals surface area contributed by atoms with Crippen molar-refractivity contribution in [1.29, 1.82) is 0 Å². The van der Waals surface area contributed by atoms with Crippen LogP contribution in [0.1, 0.15) is 49.7 Å². The van der Waals surface area contributed by atoms with Crippen LogP contribution in [0.2, 0.25) is 0 Å². The topological polar surface area (TPSA) is 64.9 Å². The molecule has 5 rings (SSSR count). The van der Waals surface area contributed by atoms with Gasteiger partial charge in [-0.2, -0.15) is 13.2 Å². The number of carbonyl (C=O) groups excluding carboxylic acids is 1. The second-order valence-corrected chi connectivity index (χ2v) is 11.5. The first-order valence-corrected chi connectivity index (χ1v) is 14.8. The molecule has 0 saturated carbocycles. The van der Waals surface area contributed by atoms with Crippen molar-refractivity contribution in [3.05, 3.63) is 59.1 Å². The van der Waals surface area contributed by atoms with Crippen molar-refractivity contribution in [2.24, 2.45) is 17.8 Å². The van der Waals surface area contributed by atoms with Crippen LogP contribution in [0.4, 0.5) is 30.4 Å². The van der Waals surface area contributed by atoms with Crippen LogP contribution < -0.4 is 15.5 Å². The van der Waals surface area contributed by atoms with E-state index in [0.29, 0.717) is 43.4 Å². The molecule has 4 heterocycles. The van der Waals surface area contributed by atoms with Gasteiger partial charge in [0, 0.05) is 48.9 Å². The van der Waals surface area contributed by atoms with Crippen molar-refractivity contribution in [1.82, 2.24) is 15.2 Å². The van der Waals surface area contributed by atoms with Crippen LogP contribution in [0, 0.1) is 36.2 Å². The molecule has 0 unspecified atom stereocenters. The summed E-state index contributed by atoms with van der Waals surface area (Å²) >= 11 is 0. The van der Waals surface area contributed by atoms with E-state index < -0.39 is 17.4 Å². The lowest BCUT2D eigenvalue weighted by atomic mass is 9.93. The van der Waals surface area contributed by atoms with Crippen LogP contribution in [0.25, 0.3) is 4.85 Å². The van der Waals surface area contributed by atoms with Gasteiger partial charge in [-0.25, -0.2) is 9.83 Å². The molecular formula is C32H37F3N6O. The Hall–Kier alpha value is -3.60. The number of halogens is 3. The largest absolute Gasteiger partial charge is 0.407 e. The summed E-state index contributed by atoms with van der Waals surface area (Å²) in [6, 6.07) is 7.41. The van der Waals surface area contributed by atoms with E-state index in [0.717, 1.165) is 56.6 Å². The Labute approximate surface area is 245 Å². The van der Waals surface area contributed by atoms with Crippen LogP contribution in [0.15, 0.2) is 36.5 Å². The molecule has 0 atom stereocenters. The first-order chi connectivity index (χ1) is 20.3. The van der Waals surface area contributed by atoms with E-state index in [-0.39, 0.29) is 11.8 Å². The van der Waals surface area contributed by atoms with Crippen LogP contribution in [0.3, 0.4) is 0 Å². The minimum Gasteiger partial charge on any atom is -0.372 e. The Morgan fingerprint density at radius 3 is 2.43 bits per heavy atom. The van der Waals surface area contributed by atoms with Gasteiger partial charge in [0.15, 0.2) is 5.69 Å². The van der Waals surface area contributed by atoms with E-state index in [2.05, 4.69) is 37.2 Å². The van der Waals surface area contributed by atoms with Gasteiger partial charge in [0.1, 0.15) is 5.82 Å². The lowest BCUT2D eigenvalue weighted by Gasteiger charge is -2.34. The SMILES string of the molecule is [C-]#[N+]c1ccc(N2CCC(C(=O)Nc3ccc(C#CC4CCN(CC5CCNCC5)CC4)cn3)CC2)cc1C(F)(F)F. The fourth-order valence-electron chi connectivity index (χ4n) is 6.09. The number of hydrogen-bond acceptors (Lipinski definition) is 5. The zero-order valence-electron chi connectivity index (χ0n) is 23.7. The number of aromatic nitrogens is 1. The molecule has 7 nitrogen and oxygen atoms in total. The summed E-state index contributed by atoms with van der Waals surface area (Å²) in [7, 11) is 0. The minimum absolute atomic E-state index is 0.142. The number of nitrogens with one attached hydrogen (secondary N) is 2. The second-order valence-electron chi connectivity index (χ2n) is 11.5. The highest BCUT2D eigenvalue weighted by Gasteiger charge is 2.34. The van der Waals surface area contributed by atoms with Crippen molar-refractivity contribution in [3.63, 3.8) is 0 Å². The van der Waals surface area contributed by atoms with Gasteiger partial charge < -0.3 is 20.4 Å². The summed E-state index contributed by atoms with van der Waals surface area (Å²) < 4.78 is 40.1. The van der Waals surface area contributed by atoms with E-state index in [1.54, 1.807) is 12.3 Å². The Bertz CT molecular complexity index is 1320. The van der Waals surface area contributed by atoms with Crippen LogP contribution in [0.5, 0.6) is 0 Å². The van der Waals surface area contributed by atoms with E-state index >= 15 is 0 Å². The Morgan fingerprint density at radius 1 is 1.05 bits per heavy atom. The maximum absolute atomic E-state index is 13.4. The molecule has 2 N–H and O–H groups in total. The zero-order chi connectivity index (χ0) is 29.5. The van der Waals surface area contributed by atoms with Gasteiger partial charge >= 0.3 is 6.18 Å². The van der Waals surface area contributed by atoms with E-state index in [1.807, 2.05) is 11.0 Å². The standard InChI is InChI=1S/C32H37F3N6O/c1-36-29-6-5-27(20-28(29)32(33,34)35)41-18-12-26(13-19-41)31(42)39-30-7-4-24(21-38-30)3-2-23-10-16-40(17-11-23)22-25-8-14-37-15-9-25/h4-7,20-21,23,25-26,37H,8-19,22H2,(H,38,39,42). The summed E-state index contributed by atoms with van der Waals surface area (Å²) in [6.07, 6.45) is 2.85. The summed E-state index contributed by atoms with van der Waals surface area (Å²) in [5.41, 5.74) is -0.105. The number of pyridine rings is 1. The zero-order valence-corrected chi connectivity index (χ0v) is 23.7. The molecule has 3 aliphatic heterocycles. The minimum atomic E-state index is -4.59. The normalized spacial score (nSPS) is 19.5. The number of alkyl halides is 3. The van der Waals surface area contributed by atoms with Gasteiger partial charge in [-0.1, -0.05) is 17.9 Å². The predicted molar refractivity (Wildman–Crippen MR) is 157 cm³/mol. The lowest BCUT2D eigenvalue weighted by Crippen LogP contribution is -2.40. The smallest absolute Gasteiger partial charge is 0.372 e. The number of likely N-dealkylation sites (tertiary alicyclic amines) is 1. The summed E-state index contributed by atoms with van der Waals surface area (Å²) in [5, 5.41) is 6.31. The number of carbonyl (C=O) groups is 1. The summed E-state index contributed by atoms with van der Waals surface area (Å²) in [4.78, 5) is 24.7. The molecule has 10 heteroatoms. The van der Waals surface area contributed by atoms with Gasteiger partial charge in [-0.05, 0) is 94.9 Å². The fourth-order valence-corrected chi connectivity index (χ4v) is 6.09. The average Bonchev–Trinajstić information content (AvgIpc) is 3.01. The van der Waals surface area contributed by atoms with Crippen LogP contribution >= 0.6 is 0 Å². The Kier molecular flexibility index (Phi) is 9.66. The lowest BCUT2D eigenvalue weighted by molar-refractivity contribution is -0.136. The molecule has 0 radical (unpaired) electrons. The number of rotatable bonds is 5. The third-order valence-corrected chi connectivity index (χ3v) is 8.63. The molecule has 3 fully saturated rings. The molecular weight excluding hydrogens is 541 g/mol. The molecule has 0 bridgehead atoms. The molecule has 2 aromatic rings. The molecule has 42 heavy (non-hydrogen) atoms. The van der Waals surface area contributed by atoms with Crippen LogP contribution in [-0.2, 0) is 11.0 Å². The molecule has 0 aliphatic carbocycles. The summed E-state index contributed by atoms with van der Waals surface area (Å²) in [6.45, 7) is 13.6. The molecule has 0 spiro atoms. The third-order valence-electron chi connectivity index (χ3n) is 8.63. The molecule has 1 aromatic carbocycles. The van der Waals surface area contributed by atoms with Gasteiger partial charge in [-0.15, -0.1) is 0 Å². The maximum atomic E-state index is 13.4. The van der Waals surface area contributed by atoms with Crippen molar-refractivity contribution >= 4 is 23.1 Å². The number of nitrogens with zero attached hydrogens (tertiary/aromatic N) is 4. The number of amides is 1. The first-order valence-electron chi connectivity index (χ1n) is 14.8. The fraction of sp³-hybridized carbons (Fsp3) is 0.531. The molecule has 3 aliphatic rings. The van der Waals surface area contributed by atoms with E-state index in [9.17, 15) is 18.0 Å². The van der Waals surface area contributed by atoms with Crippen LogP contribution in [-0.4, -0.2) is 61.6 Å². The number of anilines is 2. The molecule has 3 saturated heterocycles. The predicted octanol–water partition coefficient (Wildman–Crippen LogP) is 5.57. The number of piperidine rings is 3. The quantitative estimate of drug-likeness (QED) is 0.359. The van der Waals surface area contributed by atoms with Gasteiger partial charge in [0.05, 0.1) is 12.1 Å². The first kappa shape index (κ1) is 29.9. The van der Waals surface area contributed by atoms with Crippen molar-refractivity contribution < 1.29 is 18.0 Å². The highest BCUT2D eigenvalue weighted by Crippen LogP contribution is 2.39. The number of benzene rings is 1. The van der Waals surface area contributed by atoms with Crippen molar-refractivity contribution in [3.8, 4) is 11.8 Å². The van der Waals surface area contributed by atoms with Crippen molar-refractivity contribution in [2.75, 3.05) is 56.0 Å². The van der Waals surface area contributed by atoms with E-state index in [4.69, 9.17) is 6.57 Å². The summed E-state index contributed by atoms with van der Waals surface area (Å²) in [5.74, 6) is 7.94. The third kappa shape index (κ3) is 7.81. The highest BCUT2D eigenvalue weighted by atomic mass is 19.4.